The topological polar surface area (TPSA) is 32.5 Å². The first kappa shape index (κ1) is 16.0. The Kier molecular flexibility index (Phi) is 4.66. The highest BCUT2D eigenvalue weighted by Gasteiger charge is 2.40. The summed E-state index contributed by atoms with van der Waals surface area (Å²) in [6.07, 6.45) is -1.80. The second-order valence-corrected chi connectivity index (χ2v) is 7.01. The van der Waals surface area contributed by atoms with Crippen LogP contribution in [-0.2, 0) is 0 Å². The normalized spacial score (nSPS) is 32.7. The Hall–Kier alpha value is -0.330. The molecule has 2 rings (SSSR count). The van der Waals surface area contributed by atoms with Gasteiger partial charge < -0.3 is 10.6 Å². The van der Waals surface area contributed by atoms with E-state index in [2.05, 4.69) is 18.7 Å². The summed E-state index contributed by atoms with van der Waals surface area (Å²) in [6, 6.07) is 0.204. The maximum Gasteiger partial charge on any atom is 0.401 e. The fourth-order valence-electron chi connectivity index (χ4n) is 3.46. The molecule has 0 spiro atoms. The van der Waals surface area contributed by atoms with Crippen LogP contribution in [0.4, 0.5) is 13.2 Å². The number of nitrogens with zero attached hydrogens (tertiary/aromatic N) is 2. The van der Waals surface area contributed by atoms with Gasteiger partial charge in [-0.25, -0.2) is 0 Å². The first-order valence-corrected chi connectivity index (χ1v) is 7.44. The van der Waals surface area contributed by atoms with Crippen molar-refractivity contribution in [3.05, 3.63) is 0 Å². The number of hydrogen-bond acceptors (Lipinski definition) is 3. The van der Waals surface area contributed by atoms with Crippen molar-refractivity contribution in [1.29, 1.82) is 0 Å². The zero-order valence-corrected chi connectivity index (χ0v) is 12.4. The van der Waals surface area contributed by atoms with Crippen LogP contribution in [-0.4, -0.2) is 61.3 Å². The Balaban J connectivity index is 1.75. The average Bonchev–Trinajstić information content (AvgIpc) is 2.57. The Morgan fingerprint density at radius 3 is 2.10 bits per heavy atom. The van der Waals surface area contributed by atoms with E-state index in [4.69, 9.17) is 5.73 Å². The Bertz CT molecular complexity index is 322. The molecule has 1 saturated carbocycles. The van der Waals surface area contributed by atoms with Crippen molar-refractivity contribution in [2.45, 2.75) is 38.9 Å². The highest BCUT2D eigenvalue weighted by Crippen LogP contribution is 2.40. The molecule has 1 aliphatic carbocycles. The summed E-state index contributed by atoms with van der Waals surface area (Å²) in [5.74, 6) is 0.485. The van der Waals surface area contributed by atoms with Crippen LogP contribution in [0.15, 0.2) is 0 Å². The van der Waals surface area contributed by atoms with Crippen LogP contribution in [0.2, 0.25) is 0 Å². The second kappa shape index (κ2) is 5.81. The molecule has 2 atom stereocenters. The molecule has 1 aliphatic heterocycles. The maximum absolute atomic E-state index is 12.3. The molecule has 2 fully saturated rings. The lowest BCUT2D eigenvalue weighted by molar-refractivity contribution is -0.149. The van der Waals surface area contributed by atoms with Crippen molar-refractivity contribution < 1.29 is 13.2 Å². The van der Waals surface area contributed by atoms with Gasteiger partial charge in [-0.05, 0) is 24.2 Å². The molecule has 2 unspecified atom stereocenters. The van der Waals surface area contributed by atoms with E-state index in [0.29, 0.717) is 19.0 Å². The van der Waals surface area contributed by atoms with E-state index in [0.717, 1.165) is 32.5 Å². The fraction of sp³-hybridized carbons (Fsp3) is 1.00. The minimum atomic E-state index is -4.08. The standard InChI is InChI=1S/C14H26F3N3/c1-13(2)4-3-11(12(13)18)9-19-5-7-20(8-6-19)10-14(15,16)17/h11-12H,3-10,18H2,1-2H3. The lowest BCUT2D eigenvalue weighted by Crippen LogP contribution is -2.51. The minimum absolute atomic E-state index is 0.197. The van der Waals surface area contributed by atoms with E-state index in [1.165, 1.54) is 4.90 Å². The SMILES string of the molecule is CC1(C)CCC(CN2CCN(CC(F)(F)F)CC2)C1N. The van der Waals surface area contributed by atoms with Crippen LogP contribution in [0, 0.1) is 11.3 Å². The van der Waals surface area contributed by atoms with Gasteiger partial charge in [-0.2, -0.15) is 13.2 Å². The van der Waals surface area contributed by atoms with E-state index < -0.39 is 12.7 Å². The summed E-state index contributed by atoms with van der Waals surface area (Å²) in [6.45, 7) is 7.02. The van der Waals surface area contributed by atoms with Crippen LogP contribution >= 0.6 is 0 Å². The molecule has 0 aromatic heterocycles. The minimum Gasteiger partial charge on any atom is -0.327 e. The zero-order valence-electron chi connectivity index (χ0n) is 12.4. The van der Waals surface area contributed by atoms with E-state index in [1.807, 2.05) is 0 Å². The van der Waals surface area contributed by atoms with E-state index >= 15 is 0 Å². The van der Waals surface area contributed by atoms with Gasteiger partial charge in [0, 0.05) is 38.8 Å². The number of hydrogen-bond donors (Lipinski definition) is 1. The van der Waals surface area contributed by atoms with Gasteiger partial charge in [0.1, 0.15) is 0 Å². The number of rotatable bonds is 3. The summed E-state index contributed by atoms with van der Waals surface area (Å²) in [5, 5.41) is 0. The highest BCUT2D eigenvalue weighted by molar-refractivity contribution is 4.95. The molecule has 1 heterocycles. The van der Waals surface area contributed by atoms with Crippen molar-refractivity contribution in [1.82, 2.24) is 9.80 Å². The van der Waals surface area contributed by atoms with Crippen LogP contribution < -0.4 is 5.73 Å². The van der Waals surface area contributed by atoms with Crippen LogP contribution in [0.1, 0.15) is 26.7 Å². The third-order valence-electron chi connectivity index (χ3n) is 4.93. The van der Waals surface area contributed by atoms with Crippen molar-refractivity contribution in [2.75, 3.05) is 39.3 Å². The summed E-state index contributed by atoms with van der Waals surface area (Å²) in [7, 11) is 0. The Morgan fingerprint density at radius 2 is 1.65 bits per heavy atom. The Labute approximate surface area is 119 Å². The molecular formula is C14H26F3N3. The van der Waals surface area contributed by atoms with Crippen LogP contribution in [0.25, 0.3) is 0 Å². The molecule has 6 heteroatoms. The summed E-state index contributed by atoms with van der Waals surface area (Å²) in [4.78, 5) is 3.77. The van der Waals surface area contributed by atoms with Gasteiger partial charge in [-0.3, -0.25) is 4.90 Å². The quantitative estimate of drug-likeness (QED) is 0.863. The van der Waals surface area contributed by atoms with Gasteiger partial charge in [0.15, 0.2) is 0 Å². The molecule has 0 aromatic carbocycles. The van der Waals surface area contributed by atoms with Crippen molar-refractivity contribution in [3.8, 4) is 0 Å². The number of piperazine rings is 1. The molecular weight excluding hydrogens is 267 g/mol. The van der Waals surface area contributed by atoms with Gasteiger partial charge in [0.25, 0.3) is 0 Å². The molecule has 0 radical (unpaired) electrons. The third-order valence-corrected chi connectivity index (χ3v) is 4.93. The second-order valence-electron chi connectivity index (χ2n) is 7.01. The molecule has 3 nitrogen and oxygen atoms in total. The van der Waals surface area contributed by atoms with Crippen molar-refractivity contribution >= 4 is 0 Å². The van der Waals surface area contributed by atoms with Gasteiger partial charge >= 0.3 is 6.18 Å². The number of alkyl halides is 3. The van der Waals surface area contributed by atoms with Gasteiger partial charge in [0.05, 0.1) is 6.54 Å². The van der Waals surface area contributed by atoms with Crippen molar-refractivity contribution in [2.24, 2.45) is 17.1 Å². The molecule has 0 aromatic rings. The molecule has 2 N–H and O–H groups in total. The van der Waals surface area contributed by atoms with Gasteiger partial charge in [-0.1, -0.05) is 13.8 Å². The van der Waals surface area contributed by atoms with E-state index in [1.54, 1.807) is 0 Å². The average molecular weight is 293 g/mol. The van der Waals surface area contributed by atoms with Gasteiger partial charge in [-0.15, -0.1) is 0 Å². The largest absolute Gasteiger partial charge is 0.401 e. The molecule has 118 valence electrons. The van der Waals surface area contributed by atoms with E-state index in [-0.39, 0.29) is 11.5 Å². The van der Waals surface area contributed by atoms with E-state index in [9.17, 15) is 13.2 Å². The molecule has 0 amide bonds. The van der Waals surface area contributed by atoms with Crippen molar-refractivity contribution in [3.63, 3.8) is 0 Å². The molecule has 1 saturated heterocycles. The molecule has 2 aliphatic rings. The maximum atomic E-state index is 12.3. The number of nitrogens with two attached hydrogens (primary N) is 1. The van der Waals surface area contributed by atoms with Crippen LogP contribution in [0.3, 0.4) is 0 Å². The first-order valence-electron chi connectivity index (χ1n) is 7.44. The molecule has 20 heavy (non-hydrogen) atoms. The predicted molar refractivity (Wildman–Crippen MR) is 73.4 cm³/mol. The summed E-state index contributed by atoms with van der Waals surface area (Å²) < 4.78 is 37.0. The fourth-order valence-corrected chi connectivity index (χ4v) is 3.46. The smallest absolute Gasteiger partial charge is 0.327 e. The van der Waals surface area contributed by atoms with Crippen LogP contribution in [0.5, 0.6) is 0 Å². The summed E-state index contributed by atoms with van der Waals surface area (Å²) >= 11 is 0. The zero-order chi connectivity index (χ0) is 15.0. The first-order chi connectivity index (χ1) is 9.17. The predicted octanol–water partition coefficient (Wildman–Crippen LogP) is 1.93. The third kappa shape index (κ3) is 4.09. The molecule has 0 bridgehead atoms. The Morgan fingerprint density at radius 1 is 1.10 bits per heavy atom. The highest BCUT2D eigenvalue weighted by atomic mass is 19.4. The number of halogens is 3. The monoisotopic (exact) mass is 293 g/mol. The lowest BCUT2D eigenvalue weighted by atomic mass is 9.85. The van der Waals surface area contributed by atoms with Gasteiger partial charge in [0.2, 0.25) is 0 Å². The lowest BCUT2D eigenvalue weighted by Gasteiger charge is -2.37. The summed E-state index contributed by atoms with van der Waals surface area (Å²) in [5.41, 5.74) is 6.50.